The summed E-state index contributed by atoms with van der Waals surface area (Å²) < 4.78 is 22.2. The van der Waals surface area contributed by atoms with Gasteiger partial charge in [0.15, 0.2) is 0 Å². The first-order valence-corrected chi connectivity index (χ1v) is 4.10. The number of halogens is 2. The van der Waals surface area contributed by atoms with Crippen LogP contribution in [0.3, 0.4) is 0 Å². The minimum Gasteiger partial charge on any atom is -0.174 e. The van der Waals surface area contributed by atoms with E-state index < -0.39 is 15.6 Å². The molecule has 42 valence electrons. The van der Waals surface area contributed by atoms with Gasteiger partial charge in [-0.3, -0.25) is 0 Å². The Kier molecular flexibility index (Phi) is 3.88. The van der Waals surface area contributed by atoms with Gasteiger partial charge in [0.05, 0.1) is 9.52 Å². The van der Waals surface area contributed by atoms with Gasteiger partial charge >= 0.3 is 0 Å². The Morgan fingerprint density at radius 1 is 1.71 bits per heavy atom. The summed E-state index contributed by atoms with van der Waals surface area (Å²) in [7, 11) is -0.538. The maximum absolute atomic E-state index is 11.1. The summed E-state index contributed by atoms with van der Waals surface area (Å²) in [6.45, 7) is 1.92. The van der Waals surface area contributed by atoms with Gasteiger partial charge in [0.1, 0.15) is 0 Å². The van der Waals surface area contributed by atoms with Crippen LogP contribution in [0.1, 0.15) is 6.92 Å². The maximum Gasteiger partial charge on any atom is 0.261 e. The lowest BCUT2D eigenvalue weighted by Crippen LogP contribution is -1.77. The van der Waals surface area contributed by atoms with Crippen LogP contribution in [0.25, 0.3) is 0 Å². The van der Waals surface area contributed by atoms with Gasteiger partial charge in [-0.25, -0.2) is 0 Å². The fraction of sp³-hybridized carbons (Fsp3) is 0.500. The van der Waals surface area contributed by atoms with Gasteiger partial charge in [-0.1, -0.05) is 13.0 Å². The van der Waals surface area contributed by atoms with Crippen molar-refractivity contribution in [1.82, 2.24) is 0 Å². The molecule has 7 heavy (non-hydrogen) atoms. The monoisotopic (exact) mass is 122 g/mol. The number of hydrogen-bond donors (Lipinski definition) is 0. The molecule has 0 atom stereocenters. The highest BCUT2D eigenvalue weighted by Crippen LogP contribution is 1.94. The lowest BCUT2D eigenvalue weighted by molar-refractivity contribution is 0.423. The summed E-state index contributed by atoms with van der Waals surface area (Å²) in [5, 5.41) is 0. The van der Waals surface area contributed by atoms with Crippen LogP contribution in [0.2, 0.25) is 6.04 Å². The average Bonchev–Trinajstić information content (AvgIpc) is 1.61. The normalized spacial score (nSPS) is 10.1. The Hall–Kier alpha value is -0.183. The van der Waals surface area contributed by atoms with Crippen LogP contribution in [0, 0.1) is 0 Å². The summed E-state index contributed by atoms with van der Waals surface area (Å²) >= 11 is 0. The molecule has 0 aromatic rings. The second-order valence-electron chi connectivity index (χ2n) is 1.28. The minimum atomic E-state index is -1.51. The molecule has 0 aliphatic heterocycles. The highest BCUT2D eigenvalue weighted by Gasteiger charge is 1.83. The molecule has 0 aliphatic rings. The fourth-order valence-electron chi connectivity index (χ4n) is 0.253. The van der Waals surface area contributed by atoms with Crippen LogP contribution in [-0.2, 0) is 0 Å². The fourth-order valence-corrected chi connectivity index (χ4v) is 0.760. The minimum absolute atomic E-state index is 0.538. The van der Waals surface area contributed by atoms with E-state index >= 15 is 0 Å². The molecule has 0 aromatic heterocycles. The third-order valence-corrected chi connectivity index (χ3v) is 1.76. The quantitative estimate of drug-likeness (QED) is 0.485. The average molecular weight is 122 g/mol. The van der Waals surface area contributed by atoms with Gasteiger partial charge in [-0.15, -0.1) is 0 Å². The molecule has 0 unspecified atom stereocenters. The Morgan fingerprint density at radius 2 is 2.29 bits per heavy atom. The topological polar surface area (TPSA) is 0 Å². The van der Waals surface area contributed by atoms with Crippen LogP contribution >= 0.6 is 0 Å². The molecule has 0 spiro atoms. The van der Waals surface area contributed by atoms with Gasteiger partial charge in [0.25, 0.3) is 6.08 Å². The van der Waals surface area contributed by atoms with E-state index in [1.54, 1.807) is 0 Å². The Morgan fingerprint density at radius 3 is 2.43 bits per heavy atom. The van der Waals surface area contributed by atoms with Crippen molar-refractivity contribution in [2.24, 2.45) is 0 Å². The van der Waals surface area contributed by atoms with Crippen molar-refractivity contribution in [1.29, 1.82) is 0 Å². The smallest absolute Gasteiger partial charge is 0.174 e. The zero-order chi connectivity index (χ0) is 5.70. The largest absolute Gasteiger partial charge is 0.261 e. The maximum atomic E-state index is 11.1. The lowest BCUT2D eigenvalue weighted by Gasteiger charge is -1.77. The van der Waals surface area contributed by atoms with Crippen molar-refractivity contribution in [2.45, 2.75) is 13.0 Å². The van der Waals surface area contributed by atoms with Crippen molar-refractivity contribution in [3.05, 3.63) is 11.8 Å². The standard InChI is InChI=1S/C4H8F2Si/c1-2-7-3-4(5)6/h3H,2,7H2,1H3. The molecule has 0 amide bonds. The van der Waals surface area contributed by atoms with Gasteiger partial charge in [0.2, 0.25) is 0 Å². The molecule has 0 nitrogen and oxygen atoms in total. The van der Waals surface area contributed by atoms with E-state index in [-0.39, 0.29) is 0 Å². The van der Waals surface area contributed by atoms with E-state index in [2.05, 4.69) is 0 Å². The molecule has 0 rings (SSSR count). The van der Waals surface area contributed by atoms with Crippen molar-refractivity contribution in [3.63, 3.8) is 0 Å². The van der Waals surface area contributed by atoms with Gasteiger partial charge in [-0.05, 0) is 5.70 Å². The predicted molar refractivity (Wildman–Crippen MR) is 29.3 cm³/mol. The molecule has 0 saturated carbocycles. The lowest BCUT2D eigenvalue weighted by atomic mass is 11.0. The van der Waals surface area contributed by atoms with E-state index in [1.165, 1.54) is 0 Å². The molecule has 0 aromatic carbocycles. The Balaban J connectivity index is 3.08. The van der Waals surface area contributed by atoms with E-state index in [0.717, 1.165) is 11.7 Å². The predicted octanol–water partition coefficient (Wildman–Crippen LogP) is 1.33. The molecular formula is C4H8F2Si. The molecule has 0 saturated heterocycles. The second-order valence-corrected chi connectivity index (χ2v) is 3.27. The van der Waals surface area contributed by atoms with Gasteiger partial charge < -0.3 is 0 Å². The molecule has 0 N–H and O–H groups in total. The highest BCUT2D eigenvalue weighted by molar-refractivity contribution is 6.41. The number of rotatable bonds is 2. The van der Waals surface area contributed by atoms with Crippen LogP contribution in [0.15, 0.2) is 11.8 Å². The van der Waals surface area contributed by atoms with Crippen LogP contribution < -0.4 is 0 Å². The van der Waals surface area contributed by atoms with E-state index in [1.807, 2.05) is 6.92 Å². The summed E-state index contributed by atoms with van der Waals surface area (Å²) in [6.07, 6.45) is -1.51. The van der Waals surface area contributed by atoms with Crippen molar-refractivity contribution in [2.75, 3.05) is 0 Å². The molecule has 0 fully saturated rings. The zero-order valence-electron chi connectivity index (χ0n) is 4.25. The Labute approximate surface area is 44.0 Å². The third-order valence-electron chi connectivity index (χ3n) is 0.587. The van der Waals surface area contributed by atoms with E-state index in [4.69, 9.17) is 0 Å². The first kappa shape index (κ1) is 6.82. The SMILES string of the molecule is CC[SiH2]C=C(F)F. The molecule has 0 radical (unpaired) electrons. The van der Waals surface area contributed by atoms with Crippen LogP contribution in [0.5, 0.6) is 0 Å². The summed E-state index contributed by atoms with van der Waals surface area (Å²) in [5.74, 6) is 0. The first-order chi connectivity index (χ1) is 3.27. The molecule has 0 aliphatic carbocycles. The zero-order valence-corrected chi connectivity index (χ0v) is 5.66. The summed E-state index contributed by atoms with van der Waals surface area (Å²) in [4.78, 5) is 0. The first-order valence-electron chi connectivity index (χ1n) is 2.28. The Bertz CT molecular complexity index is 66.1. The van der Waals surface area contributed by atoms with Crippen molar-refractivity contribution < 1.29 is 8.78 Å². The van der Waals surface area contributed by atoms with Gasteiger partial charge in [0, 0.05) is 0 Å². The van der Waals surface area contributed by atoms with Crippen LogP contribution in [-0.4, -0.2) is 9.52 Å². The molecule has 0 bridgehead atoms. The van der Waals surface area contributed by atoms with E-state index in [0.29, 0.717) is 0 Å². The second kappa shape index (κ2) is 3.99. The van der Waals surface area contributed by atoms with E-state index in [9.17, 15) is 8.78 Å². The summed E-state index contributed by atoms with van der Waals surface area (Å²) in [6, 6.07) is 0.928. The molecule has 3 heteroatoms. The van der Waals surface area contributed by atoms with Crippen molar-refractivity contribution >= 4 is 9.52 Å². The molecule has 0 heterocycles. The number of hydrogen-bond acceptors (Lipinski definition) is 0. The van der Waals surface area contributed by atoms with Crippen LogP contribution in [0.4, 0.5) is 8.78 Å². The highest BCUT2D eigenvalue weighted by atomic mass is 28.2. The molecular weight excluding hydrogens is 114 g/mol. The summed E-state index contributed by atoms with van der Waals surface area (Å²) in [5.41, 5.74) is 1.07. The third kappa shape index (κ3) is 5.82. The van der Waals surface area contributed by atoms with Crippen molar-refractivity contribution in [3.8, 4) is 0 Å². The van der Waals surface area contributed by atoms with Gasteiger partial charge in [-0.2, -0.15) is 8.78 Å².